The van der Waals surface area contributed by atoms with Gasteiger partial charge in [-0.3, -0.25) is 15.2 Å². The van der Waals surface area contributed by atoms with E-state index in [9.17, 15) is 4.79 Å². The van der Waals surface area contributed by atoms with Crippen molar-refractivity contribution in [1.29, 1.82) is 0 Å². The number of hydrogen-bond acceptors (Lipinski definition) is 5. The number of carbonyl (C=O) groups is 1. The Morgan fingerprint density at radius 3 is 2.21 bits per heavy atom. The van der Waals surface area contributed by atoms with Crippen LogP contribution < -0.4 is 10.9 Å². The van der Waals surface area contributed by atoms with Crippen LogP contribution in [0.25, 0.3) is 5.57 Å². The van der Waals surface area contributed by atoms with E-state index in [2.05, 4.69) is 69.3 Å². The van der Waals surface area contributed by atoms with Crippen molar-refractivity contribution in [3.63, 3.8) is 0 Å². The molecule has 2 aliphatic heterocycles. The summed E-state index contributed by atoms with van der Waals surface area (Å²) in [6, 6.07) is 21.0. The van der Waals surface area contributed by atoms with Crippen LogP contribution >= 0.6 is 11.8 Å². The molecule has 3 aromatic rings. The number of hydrogen-bond donors (Lipinski definition) is 2. The van der Waals surface area contributed by atoms with Crippen molar-refractivity contribution in [2.24, 2.45) is 0 Å². The molecule has 6 heteroatoms. The Bertz CT molecular complexity index is 1100. The zero-order chi connectivity index (χ0) is 22.5. The number of piperidine rings is 1. The smallest absolute Gasteiger partial charge is 0.265 e. The monoisotopic (exact) mass is 456 g/mol. The Balaban J connectivity index is 1.15. The summed E-state index contributed by atoms with van der Waals surface area (Å²) in [5, 5.41) is 0. The van der Waals surface area contributed by atoms with Crippen LogP contribution in [0.15, 0.2) is 88.4 Å². The summed E-state index contributed by atoms with van der Waals surface area (Å²) in [5.41, 5.74) is 12.2. The Hall–Kier alpha value is -2.93. The Morgan fingerprint density at radius 1 is 0.909 bits per heavy atom. The minimum atomic E-state index is -0.127. The first-order valence-corrected chi connectivity index (χ1v) is 12.4. The largest absolute Gasteiger partial charge is 0.303 e. The molecule has 0 atom stereocenters. The van der Waals surface area contributed by atoms with Crippen LogP contribution in [0.5, 0.6) is 0 Å². The number of aromatic nitrogens is 1. The van der Waals surface area contributed by atoms with Gasteiger partial charge in [0.2, 0.25) is 0 Å². The maximum absolute atomic E-state index is 12.1. The van der Waals surface area contributed by atoms with Gasteiger partial charge in [0.1, 0.15) is 0 Å². The van der Waals surface area contributed by atoms with Crippen LogP contribution in [-0.2, 0) is 0 Å². The summed E-state index contributed by atoms with van der Waals surface area (Å²) >= 11 is 1.88. The minimum Gasteiger partial charge on any atom is -0.303 e. The molecule has 3 heterocycles. The molecule has 0 unspecified atom stereocenters. The van der Waals surface area contributed by atoms with Crippen molar-refractivity contribution in [3.8, 4) is 0 Å². The average Bonchev–Trinajstić information content (AvgIpc) is 2.88. The molecule has 5 nitrogen and oxygen atoms in total. The number of amides is 1. The highest BCUT2D eigenvalue weighted by Crippen LogP contribution is 2.47. The molecule has 5 rings (SSSR count). The Morgan fingerprint density at radius 2 is 1.55 bits per heavy atom. The minimum absolute atomic E-state index is 0.127. The Labute approximate surface area is 199 Å². The van der Waals surface area contributed by atoms with Crippen molar-refractivity contribution < 1.29 is 4.79 Å². The molecule has 1 amide bonds. The first-order chi connectivity index (χ1) is 16.3. The van der Waals surface area contributed by atoms with Crippen LogP contribution in [0.4, 0.5) is 0 Å². The van der Waals surface area contributed by atoms with Gasteiger partial charge in [0.15, 0.2) is 0 Å². The second kappa shape index (κ2) is 10.3. The number of likely N-dealkylation sites (tertiary alicyclic amines) is 1. The van der Waals surface area contributed by atoms with Crippen LogP contribution in [0.1, 0.15) is 40.7 Å². The highest BCUT2D eigenvalue weighted by molar-refractivity contribution is 7.99. The SMILES string of the molecule is O=C(NNCCCN1CCC(=C2c3ccccc3Sc3ccccc32)CC1)c1ccncc1. The van der Waals surface area contributed by atoms with Gasteiger partial charge in [0.05, 0.1) is 0 Å². The molecule has 1 fully saturated rings. The summed E-state index contributed by atoms with van der Waals surface area (Å²) in [7, 11) is 0. The third kappa shape index (κ3) is 5.03. The van der Waals surface area contributed by atoms with E-state index in [0.29, 0.717) is 5.56 Å². The predicted molar refractivity (Wildman–Crippen MR) is 133 cm³/mol. The first kappa shape index (κ1) is 21.9. The van der Waals surface area contributed by atoms with Crippen molar-refractivity contribution in [2.75, 3.05) is 26.2 Å². The maximum Gasteiger partial charge on any atom is 0.265 e. The van der Waals surface area contributed by atoms with Gasteiger partial charge in [-0.2, -0.15) is 0 Å². The molecular formula is C27H28N4OS. The summed E-state index contributed by atoms with van der Waals surface area (Å²) in [5.74, 6) is -0.127. The molecule has 1 aromatic heterocycles. The summed E-state index contributed by atoms with van der Waals surface area (Å²) in [6.07, 6.45) is 6.45. The lowest BCUT2D eigenvalue weighted by Gasteiger charge is -2.32. The standard InChI is InChI=1S/C27H28N4OS/c32-27(21-10-15-28-16-11-21)30-29-14-5-17-31-18-12-20(13-19-31)26-22-6-1-3-8-24(22)33-25-9-4-2-7-23(25)26/h1-4,6-11,15-16,29H,5,12-14,17-19H2,(H,30,32). The fraction of sp³-hybridized carbons (Fsp3) is 0.259. The first-order valence-electron chi connectivity index (χ1n) is 11.5. The van der Waals surface area contributed by atoms with E-state index in [1.54, 1.807) is 30.1 Å². The second-order valence-corrected chi connectivity index (χ2v) is 9.47. The van der Waals surface area contributed by atoms with Gasteiger partial charge in [-0.25, -0.2) is 5.43 Å². The number of benzene rings is 2. The molecule has 1 saturated heterocycles. The number of nitrogens with zero attached hydrogens (tertiary/aromatic N) is 2. The van der Waals surface area contributed by atoms with Crippen molar-refractivity contribution >= 4 is 23.2 Å². The number of fused-ring (bicyclic) bond motifs is 2. The van der Waals surface area contributed by atoms with E-state index in [4.69, 9.17) is 0 Å². The third-order valence-electron chi connectivity index (χ3n) is 6.27. The maximum atomic E-state index is 12.1. The molecule has 0 spiro atoms. The fourth-order valence-corrected chi connectivity index (χ4v) is 5.66. The summed E-state index contributed by atoms with van der Waals surface area (Å²) in [6.45, 7) is 3.95. The quantitative estimate of drug-likeness (QED) is 0.323. The van der Waals surface area contributed by atoms with Crippen LogP contribution in [0.2, 0.25) is 0 Å². The highest BCUT2D eigenvalue weighted by Gasteiger charge is 2.25. The molecule has 0 saturated carbocycles. The highest BCUT2D eigenvalue weighted by atomic mass is 32.2. The molecule has 0 aliphatic carbocycles. The number of hydrazine groups is 1. The lowest BCUT2D eigenvalue weighted by Crippen LogP contribution is -2.39. The van der Waals surface area contributed by atoms with Gasteiger partial charge in [0, 0.05) is 47.4 Å². The van der Waals surface area contributed by atoms with E-state index in [0.717, 1.165) is 45.4 Å². The zero-order valence-corrected chi connectivity index (χ0v) is 19.4. The van der Waals surface area contributed by atoms with Crippen molar-refractivity contribution in [3.05, 3.63) is 95.3 Å². The van der Waals surface area contributed by atoms with Gasteiger partial charge >= 0.3 is 0 Å². The van der Waals surface area contributed by atoms with Gasteiger partial charge in [0.25, 0.3) is 5.91 Å². The number of rotatable bonds is 6. The van der Waals surface area contributed by atoms with Crippen LogP contribution in [0, 0.1) is 0 Å². The molecule has 2 aromatic carbocycles. The summed E-state index contributed by atoms with van der Waals surface area (Å²) in [4.78, 5) is 21.2. The van der Waals surface area contributed by atoms with E-state index in [1.165, 1.54) is 26.5 Å². The van der Waals surface area contributed by atoms with Gasteiger partial charge in [-0.15, -0.1) is 0 Å². The zero-order valence-electron chi connectivity index (χ0n) is 18.6. The second-order valence-electron chi connectivity index (χ2n) is 8.38. The van der Waals surface area contributed by atoms with E-state index < -0.39 is 0 Å². The van der Waals surface area contributed by atoms with Gasteiger partial charge in [-0.05, 0) is 66.8 Å². The van der Waals surface area contributed by atoms with E-state index in [1.807, 2.05) is 11.8 Å². The normalized spacial score (nSPS) is 15.6. The predicted octanol–water partition coefficient (Wildman–Crippen LogP) is 4.77. The third-order valence-corrected chi connectivity index (χ3v) is 7.42. The van der Waals surface area contributed by atoms with Crippen molar-refractivity contribution in [2.45, 2.75) is 29.1 Å². The van der Waals surface area contributed by atoms with Gasteiger partial charge in [-0.1, -0.05) is 53.7 Å². The average molecular weight is 457 g/mol. The van der Waals surface area contributed by atoms with E-state index >= 15 is 0 Å². The molecule has 2 N–H and O–H groups in total. The Kier molecular flexibility index (Phi) is 6.86. The molecule has 33 heavy (non-hydrogen) atoms. The lowest BCUT2D eigenvalue weighted by atomic mass is 9.88. The molecule has 168 valence electrons. The van der Waals surface area contributed by atoms with Crippen LogP contribution in [0.3, 0.4) is 0 Å². The number of carbonyl (C=O) groups excluding carboxylic acids is 1. The van der Waals surface area contributed by atoms with Crippen molar-refractivity contribution in [1.82, 2.24) is 20.7 Å². The fourth-order valence-electron chi connectivity index (χ4n) is 4.57. The molecule has 2 aliphatic rings. The molecule has 0 bridgehead atoms. The summed E-state index contributed by atoms with van der Waals surface area (Å²) < 4.78 is 0. The topological polar surface area (TPSA) is 57.3 Å². The molecular weight excluding hydrogens is 428 g/mol. The number of pyridine rings is 1. The van der Waals surface area contributed by atoms with E-state index in [-0.39, 0.29) is 5.91 Å². The lowest BCUT2D eigenvalue weighted by molar-refractivity contribution is 0.0932. The molecule has 0 radical (unpaired) electrons. The number of nitrogens with one attached hydrogen (secondary N) is 2. The van der Waals surface area contributed by atoms with Crippen LogP contribution in [-0.4, -0.2) is 42.0 Å². The van der Waals surface area contributed by atoms with Gasteiger partial charge < -0.3 is 4.90 Å².